The molecule has 1 aromatic carbocycles. The molecular weight excluding hydrogens is 184 g/mol. The Labute approximate surface area is 82.1 Å². The molecule has 1 aliphatic carbocycles. The van der Waals surface area contributed by atoms with Crippen LogP contribution >= 0.6 is 0 Å². The quantitative estimate of drug-likeness (QED) is 0.784. The SMILES string of the molecule is CNC[C@H]1C[C@H]1c1ccc(F)c(F)c1. The molecule has 76 valence electrons. The minimum absolute atomic E-state index is 0.414. The van der Waals surface area contributed by atoms with Crippen LogP contribution in [0.5, 0.6) is 0 Å². The minimum atomic E-state index is -0.764. The van der Waals surface area contributed by atoms with Gasteiger partial charge in [0, 0.05) is 0 Å². The summed E-state index contributed by atoms with van der Waals surface area (Å²) in [5, 5.41) is 3.09. The maximum Gasteiger partial charge on any atom is 0.159 e. The van der Waals surface area contributed by atoms with Crippen molar-refractivity contribution in [2.45, 2.75) is 12.3 Å². The highest BCUT2D eigenvalue weighted by atomic mass is 19.2. The van der Waals surface area contributed by atoms with E-state index >= 15 is 0 Å². The normalized spacial score (nSPS) is 25.1. The predicted octanol–water partition coefficient (Wildman–Crippen LogP) is 2.29. The van der Waals surface area contributed by atoms with Crippen LogP contribution < -0.4 is 5.32 Å². The molecule has 0 heterocycles. The fourth-order valence-corrected chi connectivity index (χ4v) is 1.89. The molecule has 0 aromatic heterocycles. The summed E-state index contributed by atoms with van der Waals surface area (Å²) in [6, 6.07) is 4.20. The van der Waals surface area contributed by atoms with Gasteiger partial charge < -0.3 is 5.32 Å². The first-order valence-corrected chi connectivity index (χ1v) is 4.82. The lowest BCUT2D eigenvalue weighted by atomic mass is 10.1. The summed E-state index contributed by atoms with van der Waals surface area (Å²) in [6.45, 7) is 0.948. The second kappa shape index (κ2) is 3.65. The summed E-state index contributed by atoms with van der Waals surface area (Å²) in [4.78, 5) is 0. The molecule has 2 atom stereocenters. The van der Waals surface area contributed by atoms with E-state index in [4.69, 9.17) is 0 Å². The first kappa shape index (κ1) is 9.59. The first-order valence-electron chi connectivity index (χ1n) is 4.82. The molecule has 0 saturated heterocycles. The molecule has 0 amide bonds. The van der Waals surface area contributed by atoms with Crippen molar-refractivity contribution < 1.29 is 8.78 Å². The van der Waals surface area contributed by atoms with Crippen molar-refractivity contribution in [2.75, 3.05) is 13.6 Å². The highest BCUT2D eigenvalue weighted by Crippen LogP contribution is 2.47. The van der Waals surface area contributed by atoms with E-state index in [2.05, 4.69) is 5.32 Å². The van der Waals surface area contributed by atoms with E-state index in [1.54, 1.807) is 6.07 Å². The molecule has 1 N–H and O–H groups in total. The lowest BCUT2D eigenvalue weighted by Gasteiger charge is -2.01. The number of hydrogen-bond acceptors (Lipinski definition) is 1. The molecule has 1 nitrogen and oxygen atoms in total. The second-order valence-electron chi connectivity index (χ2n) is 3.83. The van der Waals surface area contributed by atoms with Gasteiger partial charge in [0.05, 0.1) is 0 Å². The monoisotopic (exact) mass is 197 g/mol. The van der Waals surface area contributed by atoms with Crippen molar-refractivity contribution in [1.82, 2.24) is 5.32 Å². The third kappa shape index (κ3) is 1.77. The van der Waals surface area contributed by atoms with Crippen molar-refractivity contribution in [3.05, 3.63) is 35.4 Å². The largest absolute Gasteiger partial charge is 0.319 e. The topological polar surface area (TPSA) is 12.0 Å². The molecule has 0 bridgehead atoms. The van der Waals surface area contributed by atoms with Crippen LogP contribution in [-0.2, 0) is 0 Å². The summed E-state index contributed by atoms with van der Waals surface area (Å²) in [5.41, 5.74) is 0.921. The minimum Gasteiger partial charge on any atom is -0.319 e. The van der Waals surface area contributed by atoms with E-state index < -0.39 is 11.6 Å². The molecule has 1 saturated carbocycles. The Morgan fingerprint density at radius 2 is 2.14 bits per heavy atom. The maximum absolute atomic E-state index is 12.9. The van der Waals surface area contributed by atoms with Crippen molar-refractivity contribution >= 4 is 0 Å². The molecule has 0 unspecified atom stereocenters. The van der Waals surface area contributed by atoms with E-state index in [0.717, 1.165) is 18.5 Å². The molecule has 0 spiro atoms. The van der Waals surface area contributed by atoms with Crippen molar-refractivity contribution in [3.63, 3.8) is 0 Å². The molecule has 1 aromatic rings. The molecule has 0 aliphatic heterocycles. The molecule has 2 rings (SSSR count). The van der Waals surface area contributed by atoms with Crippen LogP contribution in [0.2, 0.25) is 0 Å². The molecule has 1 fully saturated rings. The number of hydrogen-bond donors (Lipinski definition) is 1. The maximum atomic E-state index is 12.9. The zero-order chi connectivity index (χ0) is 10.1. The Bertz CT molecular complexity index is 338. The zero-order valence-electron chi connectivity index (χ0n) is 8.06. The smallest absolute Gasteiger partial charge is 0.159 e. The van der Waals surface area contributed by atoms with Gasteiger partial charge in [0.25, 0.3) is 0 Å². The van der Waals surface area contributed by atoms with Crippen molar-refractivity contribution in [3.8, 4) is 0 Å². The van der Waals surface area contributed by atoms with Crippen LogP contribution in [0.15, 0.2) is 18.2 Å². The van der Waals surface area contributed by atoms with Gasteiger partial charge in [-0.3, -0.25) is 0 Å². The van der Waals surface area contributed by atoms with Gasteiger partial charge in [-0.05, 0) is 49.5 Å². The van der Waals surface area contributed by atoms with Crippen LogP contribution in [0.4, 0.5) is 8.78 Å². The third-order valence-corrected chi connectivity index (χ3v) is 2.76. The number of rotatable bonds is 3. The van der Waals surface area contributed by atoms with Crippen LogP contribution in [0.3, 0.4) is 0 Å². The molecule has 0 radical (unpaired) electrons. The first-order chi connectivity index (χ1) is 6.72. The van der Waals surface area contributed by atoms with Gasteiger partial charge in [0.15, 0.2) is 11.6 Å². The Kier molecular flexibility index (Phi) is 2.50. The van der Waals surface area contributed by atoms with E-state index in [1.807, 2.05) is 7.05 Å². The average molecular weight is 197 g/mol. The summed E-state index contributed by atoms with van der Waals surface area (Å²) in [6.07, 6.45) is 1.08. The molecule has 1 aliphatic rings. The Balaban J connectivity index is 2.08. The van der Waals surface area contributed by atoms with Gasteiger partial charge in [-0.2, -0.15) is 0 Å². The van der Waals surface area contributed by atoms with Gasteiger partial charge in [-0.1, -0.05) is 6.07 Å². The van der Waals surface area contributed by atoms with E-state index in [1.165, 1.54) is 12.1 Å². The van der Waals surface area contributed by atoms with Crippen LogP contribution in [-0.4, -0.2) is 13.6 Å². The van der Waals surface area contributed by atoms with Gasteiger partial charge >= 0.3 is 0 Å². The summed E-state index contributed by atoms with van der Waals surface area (Å²) in [5.74, 6) is -0.500. The Morgan fingerprint density at radius 3 is 2.79 bits per heavy atom. The van der Waals surface area contributed by atoms with E-state index in [0.29, 0.717) is 11.8 Å². The predicted molar refractivity (Wildman–Crippen MR) is 51.1 cm³/mol. The lowest BCUT2D eigenvalue weighted by molar-refractivity contribution is 0.506. The van der Waals surface area contributed by atoms with Gasteiger partial charge in [0.2, 0.25) is 0 Å². The molecule has 14 heavy (non-hydrogen) atoms. The van der Waals surface area contributed by atoms with Crippen molar-refractivity contribution in [2.24, 2.45) is 5.92 Å². The average Bonchev–Trinajstić information content (AvgIpc) is 2.90. The van der Waals surface area contributed by atoms with Gasteiger partial charge in [0.1, 0.15) is 0 Å². The molecule has 3 heteroatoms. The standard InChI is InChI=1S/C11H13F2N/c1-14-6-8-4-9(8)7-2-3-10(12)11(13)5-7/h2-3,5,8-9,14H,4,6H2,1H3/t8-,9+/m1/s1. The summed E-state index contributed by atoms with van der Waals surface area (Å²) >= 11 is 0. The number of nitrogens with one attached hydrogen (secondary N) is 1. The van der Waals surface area contributed by atoms with Crippen LogP contribution in [0.25, 0.3) is 0 Å². The number of halogens is 2. The summed E-state index contributed by atoms with van der Waals surface area (Å²) in [7, 11) is 1.90. The second-order valence-corrected chi connectivity index (χ2v) is 3.83. The van der Waals surface area contributed by atoms with Gasteiger partial charge in [-0.15, -0.1) is 0 Å². The third-order valence-electron chi connectivity index (χ3n) is 2.76. The zero-order valence-corrected chi connectivity index (χ0v) is 8.06. The Hall–Kier alpha value is -0.960. The highest BCUT2D eigenvalue weighted by molar-refractivity contribution is 5.27. The van der Waals surface area contributed by atoms with Crippen molar-refractivity contribution in [1.29, 1.82) is 0 Å². The Morgan fingerprint density at radius 1 is 1.36 bits per heavy atom. The van der Waals surface area contributed by atoms with Gasteiger partial charge in [-0.25, -0.2) is 8.78 Å². The number of benzene rings is 1. The molecular formula is C11H13F2N. The van der Waals surface area contributed by atoms with Crippen LogP contribution in [0.1, 0.15) is 17.9 Å². The highest BCUT2D eigenvalue weighted by Gasteiger charge is 2.37. The fourth-order valence-electron chi connectivity index (χ4n) is 1.89. The lowest BCUT2D eigenvalue weighted by Crippen LogP contribution is -2.10. The van der Waals surface area contributed by atoms with Crippen LogP contribution in [0, 0.1) is 17.6 Å². The summed E-state index contributed by atoms with van der Waals surface area (Å²) < 4.78 is 25.5. The van der Waals surface area contributed by atoms with E-state index in [9.17, 15) is 8.78 Å². The van der Waals surface area contributed by atoms with E-state index in [-0.39, 0.29) is 0 Å². The fraction of sp³-hybridized carbons (Fsp3) is 0.455.